The fourth-order valence-corrected chi connectivity index (χ4v) is 3.41. The predicted molar refractivity (Wildman–Crippen MR) is 92.3 cm³/mol. The lowest BCUT2D eigenvalue weighted by atomic mass is 10.2. The molecule has 1 fully saturated rings. The molecule has 0 spiro atoms. The summed E-state index contributed by atoms with van der Waals surface area (Å²) >= 11 is 1.74. The molecule has 2 aromatic rings. The van der Waals surface area contributed by atoms with Crippen LogP contribution >= 0.6 is 23.7 Å². The second-order valence-corrected chi connectivity index (χ2v) is 6.46. The molecule has 1 atom stereocenters. The Kier molecular flexibility index (Phi) is 5.76. The Morgan fingerprint density at radius 1 is 1.33 bits per heavy atom. The quantitative estimate of drug-likeness (QED) is 0.939. The van der Waals surface area contributed by atoms with Crippen LogP contribution in [0.25, 0.3) is 10.6 Å². The Morgan fingerprint density at radius 3 is 2.81 bits per heavy atom. The minimum Gasteiger partial charge on any atom is -0.312 e. The second-order valence-electron chi connectivity index (χ2n) is 5.60. The van der Waals surface area contributed by atoms with Crippen molar-refractivity contribution in [2.24, 2.45) is 0 Å². The molecule has 1 aromatic carbocycles. The molecule has 1 saturated heterocycles. The van der Waals surface area contributed by atoms with Gasteiger partial charge < -0.3 is 5.32 Å². The topological polar surface area (TPSA) is 28.2 Å². The fraction of sp³-hybridized carbons (Fsp3) is 0.438. The van der Waals surface area contributed by atoms with E-state index < -0.39 is 0 Å². The van der Waals surface area contributed by atoms with Gasteiger partial charge in [0, 0.05) is 43.2 Å². The first-order valence-electron chi connectivity index (χ1n) is 7.18. The van der Waals surface area contributed by atoms with E-state index in [4.69, 9.17) is 4.98 Å². The maximum Gasteiger partial charge on any atom is 0.123 e. The Balaban J connectivity index is 0.00000161. The minimum absolute atomic E-state index is 0. The largest absolute Gasteiger partial charge is 0.312 e. The van der Waals surface area contributed by atoms with Gasteiger partial charge in [-0.25, -0.2) is 4.98 Å². The molecule has 0 amide bonds. The molecule has 1 aliphatic heterocycles. The van der Waals surface area contributed by atoms with Crippen molar-refractivity contribution < 1.29 is 0 Å². The van der Waals surface area contributed by atoms with Crippen molar-refractivity contribution in [1.82, 2.24) is 15.2 Å². The molecule has 1 unspecified atom stereocenters. The van der Waals surface area contributed by atoms with Gasteiger partial charge in [-0.2, -0.15) is 0 Å². The van der Waals surface area contributed by atoms with E-state index in [9.17, 15) is 0 Å². The zero-order valence-corrected chi connectivity index (χ0v) is 14.1. The maximum absolute atomic E-state index is 4.79. The van der Waals surface area contributed by atoms with E-state index in [1.165, 1.54) is 16.8 Å². The van der Waals surface area contributed by atoms with E-state index in [1.807, 2.05) is 0 Å². The van der Waals surface area contributed by atoms with Gasteiger partial charge in [0.15, 0.2) is 0 Å². The zero-order chi connectivity index (χ0) is 13.9. The molecular weight excluding hydrogens is 302 g/mol. The minimum atomic E-state index is 0. The van der Waals surface area contributed by atoms with Crippen LogP contribution in [-0.2, 0) is 6.54 Å². The molecule has 1 N–H and O–H groups in total. The average Bonchev–Trinajstić information content (AvgIpc) is 2.88. The maximum atomic E-state index is 4.79. The number of halogens is 1. The van der Waals surface area contributed by atoms with Gasteiger partial charge in [0.25, 0.3) is 0 Å². The third-order valence-electron chi connectivity index (χ3n) is 3.69. The molecule has 1 aromatic heterocycles. The number of aryl methyl sites for hydroxylation is 1. The molecule has 2 heterocycles. The zero-order valence-electron chi connectivity index (χ0n) is 12.5. The third-order valence-corrected chi connectivity index (χ3v) is 4.63. The monoisotopic (exact) mass is 323 g/mol. The lowest BCUT2D eigenvalue weighted by molar-refractivity contribution is 0.198. The normalized spacial score (nSPS) is 19.2. The summed E-state index contributed by atoms with van der Waals surface area (Å²) in [6, 6.07) is 9.19. The number of aromatic nitrogens is 1. The third kappa shape index (κ3) is 4.27. The van der Waals surface area contributed by atoms with Crippen LogP contribution in [0.15, 0.2) is 29.6 Å². The van der Waals surface area contributed by atoms with E-state index >= 15 is 0 Å². The Bertz CT molecular complexity index is 567. The first-order valence-corrected chi connectivity index (χ1v) is 8.06. The van der Waals surface area contributed by atoms with Crippen molar-refractivity contribution in [3.63, 3.8) is 0 Å². The van der Waals surface area contributed by atoms with Crippen LogP contribution < -0.4 is 5.32 Å². The number of hydrogen-bond acceptors (Lipinski definition) is 4. The van der Waals surface area contributed by atoms with E-state index in [0.29, 0.717) is 6.04 Å². The lowest BCUT2D eigenvalue weighted by Crippen LogP contribution is -2.48. The molecule has 1 aliphatic rings. The highest BCUT2D eigenvalue weighted by molar-refractivity contribution is 7.13. The van der Waals surface area contributed by atoms with Crippen LogP contribution in [0, 0.1) is 6.92 Å². The van der Waals surface area contributed by atoms with E-state index in [1.54, 1.807) is 11.3 Å². The van der Waals surface area contributed by atoms with E-state index in [2.05, 4.69) is 53.7 Å². The van der Waals surface area contributed by atoms with Gasteiger partial charge in [-0.1, -0.05) is 29.8 Å². The van der Waals surface area contributed by atoms with Crippen LogP contribution in [0.4, 0.5) is 0 Å². The summed E-state index contributed by atoms with van der Waals surface area (Å²) in [5.41, 5.74) is 3.71. The molecule has 0 bridgehead atoms. The average molecular weight is 324 g/mol. The summed E-state index contributed by atoms with van der Waals surface area (Å²) in [4.78, 5) is 7.27. The van der Waals surface area contributed by atoms with Crippen molar-refractivity contribution in [2.45, 2.75) is 26.4 Å². The van der Waals surface area contributed by atoms with Gasteiger partial charge >= 0.3 is 0 Å². The van der Waals surface area contributed by atoms with Gasteiger partial charge in [-0.15, -0.1) is 23.7 Å². The van der Waals surface area contributed by atoms with Gasteiger partial charge in [0.1, 0.15) is 5.01 Å². The molecule has 0 radical (unpaired) electrons. The van der Waals surface area contributed by atoms with Gasteiger partial charge in [-0.05, 0) is 13.8 Å². The Labute approximate surface area is 136 Å². The van der Waals surface area contributed by atoms with E-state index in [0.717, 1.165) is 31.2 Å². The van der Waals surface area contributed by atoms with Crippen molar-refractivity contribution in [3.8, 4) is 10.6 Å². The number of nitrogens with zero attached hydrogens (tertiary/aromatic N) is 2. The number of benzene rings is 1. The number of rotatable bonds is 3. The molecule has 0 saturated carbocycles. The van der Waals surface area contributed by atoms with Crippen molar-refractivity contribution in [3.05, 3.63) is 40.9 Å². The first kappa shape index (κ1) is 16.4. The molecule has 5 heteroatoms. The number of piperazine rings is 1. The molecule has 3 nitrogen and oxygen atoms in total. The van der Waals surface area contributed by atoms with Crippen molar-refractivity contribution >= 4 is 23.7 Å². The Hall–Kier alpha value is -0.940. The summed E-state index contributed by atoms with van der Waals surface area (Å²) in [6.45, 7) is 8.62. The second kappa shape index (κ2) is 7.36. The smallest absolute Gasteiger partial charge is 0.123 e. The highest BCUT2D eigenvalue weighted by atomic mass is 35.5. The summed E-state index contributed by atoms with van der Waals surface area (Å²) in [6.07, 6.45) is 0. The number of nitrogens with one attached hydrogen (secondary N) is 1. The van der Waals surface area contributed by atoms with Crippen LogP contribution in [0.1, 0.15) is 18.2 Å². The molecule has 0 aliphatic carbocycles. The van der Waals surface area contributed by atoms with Crippen LogP contribution in [0.2, 0.25) is 0 Å². The number of hydrogen-bond donors (Lipinski definition) is 1. The number of thiazole rings is 1. The lowest BCUT2D eigenvalue weighted by Gasteiger charge is -2.31. The predicted octanol–water partition coefficient (Wildman–Crippen LogP) is 3.33. The van der Waals surface area contributed by atoms with Crippen molar-refractivity contribution in [1.29, 1.82) is 0 Å². The van der Waals surface area contributed by atoms with E-state index in [-0.39, 0.29) is 12.4 Å². The fourth-order valence-electron chi connectivity index (χ4n) is 2.59. The van der Waals surface area contributed by atoms with Crippen LogP contribution in [0.5, 0.6) is 0 Å². The van der Waals surface area contributed by atoms with Crippen LogP contribution in [-0.4, -0.2) is 35.6 Å². The van der Waals surface area contributed by atoms with Crippen molar-refractivity contribution in [2.75, 3.05) is 19.6 Å². The SMILES string of the molecule is Cc1ccc(-c2nc(CN3CCNC(C)C3)cs2)cc1.Cl. The van der Waals surface area contributed by atoms with Crippen LogP contribution in [0.3, 0.4) is 0 Å². The summed E-state index contributed by atoms with van der Waals surface area (Å²) in [5.74, 6) is 0. The Morgan fingerprint density at radius 2 is 2.10 bits per heavy atom. The van der Waals surface area contributed by atoms with Gasteiger partial charge in [-0.3, -0.25) is 4.90 Å². The summed E-state index contributed by atoms with van der Waals surface area (Å²) in [7, 11) is 0. The molecular formula is C16H22ClN3S. The molecule has 114 valence electrons. The highest BCUT2D eigenvalue weighted by Gasteiger charge is 2.16. The molecule has 21 heavy (non-hydrogen) atoms. The molecule has 3 rings (SSSR count). The summed E-state index contributed by atoms with van der Waals surface area (Å²) in [5, 5.41) is 6.80. The standard InChI is InChI=1S/C16H21N3S.ClH/c1-12-3-5-14(6-4-12)16-18-15(11-20-16)10-19-8-7-17-13(2)9-19;/h3-6,11,13,17H,7-10H2,1-2H3;1H. The highest BCUT2D eigenvalue weighted by Crippen LogP contribution is 2.24. The van der Waals surface area contributed by atoms with Gasteiger partial charge in [0.05, 0.1) is 5.69 Å². The first-order chi connectivity index (χ1) is 9.70. The van der Waals surface area contributed by atoms with Gasteiger partial charge in [0.2, 0.25) is 0 Å². The summed E-state index contributed by atoms with van der Waals surface area (Å²) < 4.78 is 0.